The summed E-state index contributed by atoms with van der Waals surface area (Å²) in [6.07, 6.45) is -4.10. The zero-order valence-corrected chi connectivity index (χ0v) is 21.5. The van der Waals surface area contributed by atoms with Gasteiger partial charge >= 0.3 is 6.36 Å². The van der Waals surface area contributed by atoms with E-state index in [4.69, 9.17) is 0 Å². The Kier molecular flexibility index (Phi) is 10.2. The summed E-state index contributed by atoms with van der Waals surface area (Å²) in [5.74, 6) is -2.30. The predicted molar refractivity (Wildman–Crippen MR) is 136 cm³/mol. The van der Waals surface area contributed by atoms with E-state index in [0.717, 1.165) is 12.1 Å². The molecular weight excluding hydrogens is 517 g/mol. The van der Waals surface area contributed by atoms with Crippen molar-refractivity contribution >= 4 is 22.8 Å². The van der Waals surface area contributed by atoms with Crippen LogP contribution in [-0.4, -0.2) is 50.6 Å². The molecule has 0 bridgehead atoms. The van der Waals surface area contributed by atoms with Crippen LogP contribution in [0.3, 0.4) is 0 Å². The molecule has 3 unspecified atom stereocenters. The average Bonchev–Trinajstić information content (AvgIpc) is 2.88. The van der Waals surface area contributed by atoms with Crippen molar-refractivity contribution in [2.75, 3.05) is 0 Å². The van der Waals surface area contributed by atoms with Crippen molar-refractivity contribution in [3.63, 3.8) is 0 Å². The minimum atomic E-state index is -4.89. The number of nitrogens with zero attached hydrogens (tertiary/aromatic N) is 2. The van der Waals surface area contributed by atoms with E-state index in [-0.39, 0.29) is 24.5 Å². The molecule has 0 aliphatic rings. The second-order valence-corrected chi connectivity index (χ2v) is 9.67. The number of hydrogen-bond acceptors (Lipinski definition) is 7. The second-order valence-electron chi connectivity index (χ2n) is 9.67. The number of aromatic nitrogens is 2. The zero-order valence-electron chi connectivity index (χ0n) is 21.5. The molecule has 0 saturated carbocycles. The van der Waals surface area contributed by atoms with Crippen LogP contribution < -0.4 is 15.5 Å². The Hall–Kier alpha value is -3.77. The van der Waals surface area contributed by atoms with Gasteiger partial charge in [-0.15, -0.1) is 13.2 Å². The van der Waals surface area contributed by atoms with Crippen molar-refractivity contribution in [3.8, 4) is 5.75 Å². The van der Waals surface area contributed by atoms with Crippen molar-refractivity contribution in [2.45, 2.75) is 58.0 Å². The van der Waals surface area contributed by atoms with Crippen LogP contribution in [-0.2, 0) is 11.2 Å². The number of alkyl halides is 3. The largest absolute Gasteiger partial charge is 0.573 e. The summed E-state index contributed by atoms with van der Waals surface area (Å²) in [4.78, 5) is 33.9. The lowest BCUT2D eigenvalue weighted by molar-refractivity contribution is -0.274. The van der Waals surface area contributed by atoms with Crippen LogP contribution >= 0.6 is 0 Å². The summed E-state index contributed by atoms with van der Waals surface area (Å²) >= 11 is 0. The number of aliphatic hydroxyl groups is 1. The van der Waals surface area contributed by atoms with Crippen LogP contribution in [0.1, 0.15) is 49.2 Å². The van der Waals surface area contributed by atoms with E-state index in [0.29, 0.717) is 29.4 Å². The minimum Gasteiger partial charge on any atom is -0.406 e. The number of para-hydroxylation sites is 2. The van der Waals surface area contributed by atoms with E-state index >= 15 is 0 Å². The Morgan fingerprint density at radius 3 is 2.44 bits per heavy atom. The molecule has 4 N–H and O–H groups in total. The molecule has 3 aromatic rings. The molecule has 0 spiro atoms. The topological polar surface area (TPSA) is 134 Å². The summed E-state index contributed by atoms with van der Waals surface area (Å²) in [6.45, 7) is 3.93. The van der Waals surface area contributed by atoms with Crippen molar-refractivity contribution in [1.29, 1.82) is 0 Å². The lowest BCUT2D eigenvalue weighted by atomic mass is 9.88. The molecule has 2 aromatic carbocycles. The lowest BCUT2D eigenvalue weighted by Crippen LogP contribution is -2.46. The molecule has 12 heteroatoms. The fourth-order valence-corrected chi connectivity index (χ4v) is 4.15. The minimum absolute atomic E-state index is 0.0236. The number of carbonyl (C=O) groups is 2. The highest BCUT2D eigenvalue weighted by molar-refractivity contribution is 5.94. The quantitative estimate of drug-likeness (QED) is 0.197. The number of rotatable bonds is 12. The SMILES string of the molecule is CC(C)CCC(CC(O)C(Cc1cccc(OC(F)(F)F)c1)NC(=O)c1cnc2ccccc2n1)C(=O)NO. The summed E-state index contributed by atoms with van der Waals surface area (Å²) < 4.78 is 42.2. The molecule has 1 aromatic heterocycles. The molecule has 3 rings (SSSR count). The number of amides is 2. The Morgan fingerprint density at radius 2 is 1.77 bits per heavy atom. The van der Waals surface area contributed by atoms with Crippen molar-refractivity contribution in [1.82, 2.24) is 20.8 Å². The highest BCUT2D eigenvalue weighted by atomic mass is 19.4. The first-order chi connectivity index (χ1) is 18.4. The van der Waals surface area contributed by atoms with Gasteiger partial charge in [-0.05, 0) is 55.0 Å². The number of fused-ring (bicyclic) bond motifs is 1. The fourth-order valence-electron chi connectivity index (χ4n) is 4.15. The van der Waals surface area contributed by atoms with Gasteiger partial charge < -0.3 is 15.2 Å². The van der Waals surface area contributed by atoms with Gasteiger partial charge in [0.05, 0.1) is 29.4 Å². The number of aliphatic hydroxyl groups excluding tert-OH is 1. The Bertz CT molecular complexity index is 1270. The van der Waals surface area contributed by atoms with Crippen LogP contribution in [0.5, 0.6) is 5.75 Å². The summed E-state index contributed by atoms with van der Waals surface area (Å²) in [5.41, 5.74) is 2.99. The van der Waals surface area contributed by atoms with E-state index in [1.807, 2.05) is 13.8 Å². The maximum absolute atomic E-state index is 13.1. The highest BCUT2D eigenvalue weighted by Gasteiger charge is 2.32. The Labute approximate surface area is 223 Å². The third-order valence-corrected chi connectivity index (χ3v) is 6.15. The van der Waals surface area contributed by atoms with Crippen LogP contribution in [0, 0.1) is 11.8 Å². The first-order valence-corrected chi connectivity index (χ1v) is 12.4. The van der Waals surface area contributed by atoms with E-state index in [1.165, 1.54) is 18.3 Å². The van der Waals surface area contributed by atoms with Gasteiger partial charge in [0.15, 0.2) is 0 Å². The van der Waals surface area contributed by atoms with E-state index in [1.54, 1.807) is 29.7 Å². The number of ether oxygens (including phenoxy) is 1. The standard InChI is InChI=1S/C27H31F3N4O5/c1-16(2)10-11-18(25(36)34-38)14-24(35)22(13-17-6-5-7-19(12-17)39-27(28,29)30)33-26(37)23-15-31-20-8-3-4-9-21(20)32-23/h3-9,12,15-16,18,22,24,35,38H,10-11,13-14H2,1-2H3,(H,33,37)(H,34,36). The maximum Gasteiger partial charge on any atom is 0.573 e. The first kappa shape index (κ1) is 29.8. The van der Waals surface area contributed by atoms with Gasteiger partial charge in [-0.25, -0.2) is 10.5 Å². The van der Waals surface area contributed by atoms with Crippen molar-refractivity contribution in [2.24, 2.45) is 11.8 Å². The van der Waals surface area contributed by atoms with Crippen molar-refractivity contribution < 1.29 is 37.8 Å². The summed E-state index contributed by atoms with van der Waals surface area (Å²) in [5, 5.41) is 23.0. The molecular formula is C27H31F3N4O5. The third-order valence-electron chi connectivity index (χ3n) is 6.15. The van der Waals surface area contributed by atoms with Gasteiger partial charge in [0.1, 0.15) is 11.4 Å². The van der Waals surface area contributed by atoms with Crippen LogP contribution in [0.4, 0.5) is 13.2 Å². The van der Waals surface area contributed by atoms with Crippen LogP contribution in [0.25, 0.3) is 11.0 Å². The number of halogens is 3. The lowest BCUT2D eigenvalue weighted by Gasteiger charge is -2.27. The fraction of sp³-hybridized carbons (Fsp3) is 0.407. The zero-order chi connectivity index (χ0) is 28.6. The molecule has 9 nitrogen and oxygen atoms in total. The molecule has 3 atom stereocenters. The van der Waals surface area contributed by atoms with Crippen LogP contribution in [0.15, 0.2) is 54.7 Å². The predicted octanol–water partition coefficient (Wildman–Crippen LogP) is 4.18. The highest BCUT2D eigenvalue weighted by Crippen LogP contribution is 2.25. The molecule has 0 radical (unpaired) electrons. The molecule has 1 heterocycles. The van der Waals surface area contributed by atoms with Gasteiger partial charge in [0, 0.05) is 5.92 Å². The molecule has 0 aliphatic heterocycles. The monoisotopic (exact) mass is 548 g/mol. The first-order valence-electron chi connectivity index (χ1n) is 12.4. The molecule has 0 fully saturated rings. The van der Waals surface area contributed by atoms with Gasteiger partial charge in [-0.1, -0.05) is 44.5 Å². The molecule has 210 valence electrons. The van der Waals surface area contributed by atoms with Crippen LogP contribution in [0.2, 0.25) is 0 Å². The molecule has 2 amide bonds. The smallest absolute Gasteiger partial charge is 0.406 e. The summed E-state index contributed by atoms with van der Waals surface area (Å²) in [6, 6.07) is 11.1. The van der Waals surface area contributed by atoms with Gasteiger partial charge in [0.2, 0.25) is 5.91 Å². The van der Waals surface area contributed by atoms with E-state index < -0.39 is 42.0 Å². The van der Waals surface area contributed by atoms with Gasteiger partial charge in [-0.2, -0.15) is 0 Å². The van der Waals surface area contributed by atoms with E-state index in [9.17, 15) is 33.1 Å². The average molecular weight is 549 g/mol. The second kappa shape index (κ2) is 13.3. The van der Waals surface area contributed by atoms with Crippen molar-refractivity contribution in [3.05, 3.63) is 66.0 Å². The molecule has 0 saturated heterocycles. The normalized spacial score (nSPS) is 14.1. The number of hydrogen-bond donors (Lipinski definition) is 4. The van der Waals surface area contributed by atoms with E-state index in [2.05, 4.69) is 20.0 Å². The molecule has 39 heavy (non-hydrogen) atoms. The number of benzene rings is 2. The number of carbonyl (C=O) groups excluding carboxylic acids is 2. The summed E-state index contributed by atoms with van der Waals surface area (Å²) in [7, 11) is 0. The number of nitrogens with one attached hydrogen (secondary N) is 2. The van der Waals surface area contributed by atoms with Gasteiger partial charge in [-0.3, -0.25) is 19.8 Å². The Morgan fingerprint density at radius 1 is 1.05 bits per heavy atom. The molecule has 0 aliphatic carbocycles. The third kappa shape index (κ3) is 9.18. The van der Waals surface area contributed by atoms with Gasteiger partial charge in [0.25, 0.3) is 5.91 Å². The maximum atomic E-state index is 13.1. The number of hydroxylamine groups is 1. The Balaban J connectivity index is 1.86.